The van der Waals surface area contributed by atoms with E-state index in [9.17, 15) is 4.39 Å². The van der Waals surface area contributed by atoms with Crippen molar-refractivity contribution < 1.29 is 4.39 Å². The number of benzene rings is 1. The summed E-state index contributed by atoms with van der Waals surface area (Å²) in [4.78, 5) is 0. The lowest BCUT2D eigenvalue weighted by Gasteiger charge is -2.25. The molecule has 0 amide bonds. The van der Waals surface area contributed by atoms with Crippen LogP contribution in [0.25, 0.3) is 0 Å². The first kappa shape index (κ1) is 15.2. The largest absolute Gasteiger partial charge is 0.320 e. The number of nitrogens with one attached hydrogen (secondary N) is 1. The molecule has 18 heavy (non-hydrogen) atoms. The van der Waals surface area contributed by atoms with Crippen molar-refractivity contribution in [1.82, 2.24) is 5.32 Å². The highest BCUT2D eigenvalue weighted by molar-refractivity contribution is 5.34. The maximum absolute atomic E-state index is 13.2. The Kier molecular flexibility index (Phi) is 5.33. The Bertz CT molecular complexity index is 373. The van der Waals surface area contributed by atoms with Gasteiger partial charge in [-0.1, -0.05) is 13.8 Å². The maximum Gasteiger partial charge on any atom is 0.123 e. The molecule has 0 heterocycles. The Morgan fingerprint density at radius 3 is 2.17 bits per heavy atom. The minimum Gasteiger partial charge on any atom is -0.320 e. The van der Waals surface area contributed by atoms with E-state index >= 15 is 0 Å². The predicted octanol–water partition coefficient (Wildman–Crippen LogP) is 4.01. The number of rotatable bonds is 6. The summed E-state index contributed by atoms with van der Waals surface area (Å²) in [5.74, 6) is -0.122. The normalized spacial score (nSPS) is 11.9. The van der Waals surface area contributed by atoms with Crippen LogP contribution in [0.3, 0.4) is 0 Å². The van der Waals surface area contributed by atoms with Gasteiger partial charge in [0, 0.05) is 0 Å². The molecule has 1 aromatic carbocycles. The summed E-state index contributed by atoms with van der Waals surface area (Å²) in [6.07, 6.45) is 3.35. The van der Waals surface area contributed by atoms with Gasteiger partial charge in [-0.3, -0.25) is 0 Å². The molecule has 0 unspecified atom stereocenters. The Morgan fingerprint density at radius 1 is 1.11 bits per heavy atom. The fourth-order valence-electron chi connectivity index (χ4n) is 2.39. The first-order valence-electron chi connectivity index (χ1n) is 6.76. The first-order valence-corrected chi connectivity index (χ1v) is 6.76. The summed E-state index contributed by atoms with van der Waals surface area (Å²) in [6.45, 7) is 9.67. The van der Waals surface area contributed by atoms with E-state index in [2.05, 4.69) is 19.2 Å². The van der Waals surface area contributed by atoms with Crippen molar-refractivity contribution in [2.75, 3.05) is 13.6 Å². The highest BCUT2D eigenvalue weighted by Gasteiger charge is 2.18. The molecule has 0 saturated carbocycles. The third-order valence-electron chi connectivity index (χ3n) is 3.76. The number of aryl methyl sites for hydroxylation is 2. The van der Waals surface area contributed by atoms with Gasteiger partial charge in [0.2, 0.25) is 0 Å². The van der Waals surface area contributed by atoms with Crippen molar-refractivity contribution in [2.24, 2.45) is 5.41 Å². The lowest BCUT2D eigenvalue weighted by Crippen LogP contribution is -2.20. The molecule has 0 aromatic heterocycles. The summed E-state index contributed by atoms with van der Waals surface area (Å²) in [5.41, 5.74) is 3.80. The number of halogens is 1. The van der Waals surface area contributed by atoms with Crippen LogP contribution in [0.1, 0.15) is 43.4 Å². The highest BCUT2D eigenvalue weighted by Crippen LogP contribution is 2.28. The minimum atomic E-state index is -0.122. The molecule has 0 aliphatic carbocycles. The summed E-state index contributed by atoms with van der Waals surface area (Å²) in [5, 5.41) is 3.20. The van der Waals surface area contributed by atoms with Crippen LogP contribution < -0.4 is 5.32 Å². The second-order valence-electron chi connectivity index (χ2n) is 6.04. The van der Waals surface area contributed by atoms with Crippen LogP contribution in [-0.4, -0.2) is 13.6 Å². The van der Waals surface area contributed by atoms with Crippen molar-refractivity contribution in [2.45, 2.75) is 47.0 Å². The molecule has 1 nitrogen and oxygen atoms in total. The van der Waals surface area contributed by atoms with Gasteiger partial charge < -0.3 is 5.32 Å². The smallest absolute Gasteiger partial charge is 0.123 e. The van der Waals surface area contributed by atoms with E-state index < -0.39 is 0 Å². The van der Waals surface area contributed by atoms with Gasteiger partial charge in [0.25, 0.3) is 0 Å². The highest BCUT2D eigenvalue weighted by atomic mass is 19.1. The van der Waals surface area contributed by atoms with E-state index in [0.29, 0.717) is 5.41 Å². The molecule has 0 radical (unpaired) electrons. The molecule has 0 fully saturated rings. The molecule has 0 aliphatic rings. The zero-order chi connectivity index (χ0) is 13.8. The topological polar surface area (TPSA) is 12.0 Å². The second-order valence-corrected chi connectivity index (χ2v) is 6.04. The van der Waals surface area contributed by atoms with Gasteiger partial charge in [-0.2, -0.15) is 0 Å². The van der Waals surface area contributed by atoms with Crippen molar-refractivity contribution in [1.29, 1.82) is 0 Å². The van der Waals surface area contributed by atoms with E-state index in [1.165, 1.54) is 12.0 Å². The quantitative estimate of drug-likeness (QED) is 0.805. The molecule has 1 aromatic rings. The van der Waals surface area contributed by atoms with Crippen molar-refractivity contribution in [3.05, 3.63) is 34.6 Å². The SMILES string of the molecule is CNCCC(C)(C)CCc1c(C)cc(F)cc1C. The predicted molar refractivity (Wildman–Crippen MR) is 76.5 cm³/mol. The van der Waals surface area contributed by atoms with Crippen LogP contribution in [0.4, 0.5) is 4.39 Å². The molecule has 1 rings (SSSR count). The Morgan fingerprint density at radius 2 is 1.67 bits per heavy atom. The van der Waals surface area contributed by atoms with Crippen LogP contribution >= 0.6 is 0 Å². The summed E-state index contributed by atoms with van der Waals surface area (Å²) in [7, 11) is 1.99. The van der Waals surface area contributed by atoms with Crippen LogP contribution in [0, 0.1) is 25.1 Å². The molecule has 0 atom stereocenters. The van der Waals surface area contributed by atoms with Crippen LogP contribution in [0.5, 0.6) is 0 Å². The van der Waals surface area contributed by atoms with Crippen LogP contribution in [0.15, 0.2) is 12.1 Å². The Balaban J connectivity index is 2.69. The monoisotopic (exact) mass is 251 g/mol. The van der Waals surface area contributed by atoms with Gasteiger partial charge in [-0.25, -0.2) is 4.39 Å². The van der Waals surface area contributed by atoms with E-state index in [4.69, 9.17) is 0 Å². The standard InChI is InChI=1S/C16H26FN/c1-12-10-14(17)11-13(2)15(12)6-7-16(3,4)8-9-18-5/h10-11,18H,6-9H2,1-5H3. The third-order valence-corrected chi connectivity index (χ3v) is 3.76. The van der Waals surface area contributed by atoms with Gasteiger partial charge >= 0.3 is 0 Å². The first-order chi connectivity index (χ1) is 8.35. The van der Waals surface area contributed by atoms with Gasteiger partial charge in [-0.15, -0.1) is 0 Å². The van der Waals surface area contributed by atoms with Crippen molar-refractivity contribution >= 4 is 0 Å². The molecule has 0 saturated heterocycles. The average molecular weight is 251 g/mol. The lowest BCUT2D eigenvalue weighted by molar-refractivity contribution is 0.305. The Hall–Kier alpha value is -0.890. The van der Waals surface area contributed by atoms with E-state index in [1.54, 1.807) is 12.1 Å². The molecular formula is C16H26FN. The van der Waals surface area contributed by atoms with Gasteiger partial charge in [0.15, 0.2) is 0 Å². The molecule has 1 N–H and O–H groups in total. The molecule has 0 spiro atoms. The molecule has 102 valence electrons. The second kappa shape index (κ2) is 6.33. The molecule has 0 bridgehead atoms. The van der Waals surface area contributed by atoms with E-state index in [0.717, 1.165) is 30.5 Å². The fraction of sp³-hybridized carbons (Fsp3) is 0.625. The lowest BCUT2D eigenvalue weighted by atomic mass is 9.82. The van der Waals surface area contributed by atoms with Gasteiger partial charge in [-0.05, 0) is 80.9 Å². The maximum atomic E-state index is 13.2. The Labute approximate surface area is 111 Å². The zero-order valence-electron chi connectivity index (χ0n) is 12.4. The van der Waals surface area contributed by atoms with Crippen molar-refractivity contribution in [3.63, 3.8) is 0 Å². The van der Waals surface area contributed by atoms with E-state index in [1.807, 2.05) is 20.9 Å². The zero-order valence-corrected chi connectivity index (χ0v) is 12.4. The summed E-state index contributed by atoms with van der Waals surface area (Å²) in [6, 6.07) is 3.28. The van der Waals surface area contributed by atoms with Gasteiger partial charge in [0.05, 0.1) is 0 Å². The van der Waals surface area contributed by atoms with Gasteiger partial charge in [0.1, 0.15) is 5.82 Å². The van der Waals surface area contributed by atoms with Crippen LogP contribution in [-0.2, 0) is 6.42 Å². The number of hydrogen-bond acceptors (Lipinski definition) is 1. The van der Waals surface area contributed by atoms with Crippen LogP contribution in [0.2, 0.25) is 0 Å². The molecule has 0 aliphatic heterocycles. The third kappa shape index (κ3) is 4.41. The molecule has 2 heteroatoms. The average Bonchev–Trinajstić information content (AvgIpc) is 2.24. The minimum absolute atomic E-state index is 0.122. The van der Waals surface area contributed by atoms with E-state index in [-0.39, 0.29) is 5.82 Å². The summed E-state index contributed by atoms with van der Waals surface area (Å²) < 4.78 is 13.2. The van der Waals surface area contributed by atoms with Crippen molar-refractivity contribution in [3.8, 4) is 0 Å². The number of hydrogen-bond donors (Lipinski definition) is 1. The summed E-state index contributed by atoms with van der Waals surface area (Å²) >= 11 is 0. The molecular weight excluding hydrogens is 225 g/mol. The fourth-order valence-corrected chi connectivity index (χ4v) is 2.39.